The molecule has 0 amide bonds. The minimum Gasteiger partial charge on any atom is -0.295 e. The van der Waals surface area contributed by atoms with Gasteiger partial charge < -0.3 is 0 Å². The van der Waals surface area contributed by atoms with Crippen molar-refractivity contribution in [1.29, 1.82) is 0 Å². The Bertz CT molecular complexity index is 342. The molecule has 0 aromatic heterocycles. The van der Waals surface area contributed by atoms with Gasteiger partial charge in [-0.15, -0.1) is 0 Å². The van der Waals surface area contributed by atoms with Crippen molar-refractivity contribution in [2.75, 3.05) is 0 Å². The molecule has 0 saturated carbocycles. The average Bonchev–Trinajstić information content (AvgIpc) is 2.20. The van der Waals surface area contributed by atoms with Crippen LogP contribution < -0.4 is 21.7 Å². The standard InChI is InChI=1S/C9H12N4S/c1-6-4-2-3-5-7(6)8-10-12-9(14)13-11-8/h2-5,8,10-11H,1H3,(H2,12,13,14). The molecule has 4 N–H and O–H groups in total. The van der Waals surface area contributed by atoms with E-state index < -0.39 is 0 Å². The van der Waals surface area contributed by atoms with E-state index in [4.69, 9.17) is 12.2 Å². The molecule has 0 spiro atoms. The fourth-order valence-electron chi connectivity index (χ4n) is 1.41. The van der Waals surface area contributed by atoms with E-state index in [0.29, 0.717) is 5.11 Å². The van der Waals surface area contributed by atoms with Gasteiger partial charge in [0.2, 0.25) is 0 Å². The molecule has 1 aromatic rings. The van der Waals surface area contributed by atoms with Gasteiger partial charge in [-0.2, -0.15) is 0 Å². The molecule has 2 rings (SSSR count). The number of nitrogens with one attached hydrogen (secondary N) is 4. The first-order valence-electron chi connectivity index (χ1n) is 4.40. The van der Waals surface area contributed by atoms with Crippen molar-refractivity contribution >= 4 is 17.3 Å². The summed E-state index contributed by atoms with van der Waals surface area (Å²) in [5, 5.41) is 0.551. The Morgan fingerprint density at radius 3 is 2.43 bits per heavy atom. The molecule has 0 radical (unpaired) electrons. The average molecular weight is 208 g/mol. The van der Waals surface area contributed by atoms with Gasteiger partial charge in [-0.1, -0.05) is 24.3 Å². The van der Waals surface area contributed by atoms with Crippen LogP contribution >= 0.6 is 12.2 Å². The number of benzene rings is 1. The van der Waals surface area contributed by atoms with Crippen molar-refractivity contribution in [3.63, 3.8) is 0 Å². The minimum atomic E-state index is 0.0305. The van der Waals surface area contributed by atoms with Gasteiger partial charge >= 0.3 is 0 Å². The number of hydrogen-bond acceptors (Lipinski definition) is 3. The zero-order valence-corrected chi connectivity index (χ0v) is 8.61. The summed E-state index contributed by atoms with van der Waals surface area (Å²) in [6, 6.07) is 8.18. The van der Waals surface area contributed by atoms with E-state index in [2.05, 4.69) is 40.8 Å². The second kappa shape index (κ2) is 3.91. The molecule has 14 heavy (non-hydrogen) atoms. The molecule has 0 bridgehead atoms. The summed E-state index contributed by atoms with van der Waals surface area (Å²) in [5.74, 6) is 0. The van der Waals surface area contributed by atoms with E-state index in [9.17, 15) is 0 Å². The van der Waals surface area contributed by atoms with Gasteiger partial charge in [-0.3, -0.25) is 10.9 Å². The van der Waals surface area contributed by atoms with Crippen molar-refractivity contribution in [3.05, 3.63) is 35.4 Å². The third kappa shape index (κ3) is 1.84. The molecule has 1 aliphatic rings. The summed E-state index contributed by atoms with van der Waals surface area (Å²) in [4.78, 5) is 0. The Hall–Kier alpha value is -1.17. The third-order valence-electron chi connectivity index (χ3n) is 2.16. The second-order valence-electron chi connectivity index (χ2n) is 3.16. The Kier molecular flexibility index (Phi) is 2.62. The van der Waals surface area contributed by atoms with Crippen LogP contribution in [0.4, 0.5) is 0 Å². The molecule has 1 heterocycles. The highest BCUT2D eigenvalue weighted by molar-refractivity contribution is 7.80. The molecular formula is C9H12N4S. The van der Waals surface area contributed by atoms with Crippen molar-refractivity contribution in [2.24, 2.45) is 0 Å². The fourth-order valence-corrected chi connectivity index (χ4v) is 1.53. The molecule has 74 valence electrons. The summed E-state index contributed by atoms with van der Waals surface area (Å²) >= 11 is 4.89. The van der Waals surface area contributed by atoms with Crippen LogP contribution in [0.1, 0.15) is 17.3 Å². The first kappa shape index (κ1) is 9.39. The van der Waals surface area contributed by atoms with E-state index in [0.717, 1.165) is 0 Å². The smallest absolute Gasteiger partial charge is 0.195 e. The summed E-state index contributed by atoms with van der Waals surface area (Å²) in [6.07, 6.45) is 0.0305. The molecule has 4 nitrogen and oxygen atoms in total. The maximum absolute atomic E-state index is 4.89. The lowest BCUT2D eigenvalue weighted by Gasteiger charge is -2.29. The van der Waals surface area contributed by atoms with Gasteiger partial charge in [-0.05, 0) is 30.3 Å². The normalized spacial score (nSPS) is 17.4. The van der Waals surface area contributed by atoms with Gasteiger partial charge in [0.1, 0.15) is 6.17 Å². The molecule has 1 fully saturated rings. The Balaban J connectivity index is 2.16. The lowest BCUT2D eigenvalue weighted by molar-refractivity contribution is 0.361. The van der Waals surface area contributed by atoms with E-state index in [1.54, 1.807) is 0 Å². The summed E-state index contributed by atoms with van der Waals surface area (Å²) in [5.41, 5.74) is 14.3. The molecule has 1 aromatic carbocycles. The van der Waals surface area contributed by atoms with Crippen molar-refractivity contribution in [3.8, 4) is 0 Å². The van der Waals surface area contributed by atoms with Crippen molar-refractivity contribution < 1.29 is 0 Å². The van der Waals surface area contributed by atoms with Crippen LogP contribution in [-0.2, 0) is 0 Å². The van der Waals surface area contributed by atoms with Crippen molar-refractivity contribution in [1.82, 2.24) is 21.7 Å². The SMILES string of the molecule is Cc1ccccc1C1NNC(=S)NN1. The van der Waals surface area contributed by atoms with E-state index in [1.807, 2.05) is 12.1 Å². The number of rotatable bonds is 1. The topological polar surface area (TPSA) is 48.1 Å². The van der Waals surface area contributed by atoms with Crippen LogP contribution in [0.5, 0.6) is 0 Å². The first-order valence-corrected chi connectivity index (χ1v) is 4.81. The number of thiocarbonyl (C=S) groups is 1. The Morgan fingerprint density at radius 2 is 1.79 bits per heavy atom. The molecule has 1 saturated heterocycles. The Morgan fingerprint density at radius 1 is 1.14 bits per heavy atom. The molecule has 1 aliphatic heterocycles. The summed E-state index contributed by atoms with van der Waals surface area (Å²) in [6.45, 7) is 2.08. The summed E-state index contributed by atoms with van der Waals surface area (Å²) < 4.78 is 0. The number of aryl methyl sites for hydroxylation is 1. The van der Waals surface area contributed by atoms with E-state index in [-0.39, 0.29) is 6.17 Å². The number of hydrogen-bond donors (Lipinski definition) is 4. The number of hydrazine groups is 2. The fraction of sp³-hybridized carbons (Fsp3) is 0.222. The van der Waals surface area contributed by atoms with Crippen LogP contribution in [0.2, 0.25) is 0 Å². The van der Waals surface area contributed by atoms with Crippen LogP contribution in [0, 0.1) is 6.92 Å². The monoisotopic (exact) mass is 208 g/mol. The molecular weight excluding hydrogens is 196 g/mol. The van der Waals surface area contributed by atoms with E-state index >= 15 is 0 Å². The van der Waals surface area contributed by atoms with Crippen LogP contribution in [0.25, 0.3) is 0 Å². The maximum atomic E-state index is 4.89. The Labute approximate surface area is 88.0 Å². The van der Waals surface area contributed by atoms with Crippen LogP contribution in [0.3, 0.4) is 0 Å². The molecule has 0 atom stereocenters. The van der Waals surface area contributed by atoms with Crippen LogP contribution in [0.15, 0.2) is 24.3 Å². The summed E-state index contributed by atoms with van der Waals surface area (Å²) in [7, 11) is 0. The molecule has 0 aliphatic carbocycles. The highest BCUT2D eigenvalue weighted by atomic mass is 32.1. The lowest BCUT2D eigenvalue weighted by Crippen LogP contribution is -2.61. The van der Waals surface area contributed by atoms with Crippen LogP contribution in [-0.4, -0.2) is 5.11 Å². The van der Waals surface area contributed by atoms with Gasteiger partial charge in [0.05, 0.1) is 0 Å². The van der Waals surface area contributed by atoms with E-state index in [1.165, 1.54) is 11.1 Å². The maximum Gasteiger partial charge on any atom is 0.195 e. The van der Waals surface area contributed by atoms with Gasteiger partial charge in [-0.25, -0.2) is 10.9 Å². The third-order valence-corrected chi connectivity index (χ3v) is 2.36. The lowest BCUT2D eigenvalue weighted by atomic mass is 10.1. The zero-order chi connectivity index (χ0) is 9.97. The predicted octanol–water partition coefficient (Wildman–Crippen LogP) is 0.481. The highest BCUT2D eigenvalue weighted by Crippen LogP contribution is 2.14. The van der Waals surface area contributed by atoms with Gasteiger partial charge in [0, 0.05) is 0 Å². The highest BCUT2D eigenvalue weighted by Gasteiger charge is 2.16. The van der Waals surface area contributed by atoms with Gasteiger partial charge in [0.25, 0.3) is 0 Å². The quantitative estimate of drug-likeness (QED) is 0.506. The largest absolute Gasteiger partial charge is 0.295 e. The first-order chi connectivity index (χ1) is 6.77. The minimum absolute atomic E-state index is 0.0305. The zero-order valence-electron chi connectivity index (χ0n) is 7.79. The predicted molar refractivity (Wildman–Crippen MR) is 59.1 cm³/mol. The van der Waals surface area contributed by atoms with Crippen molar-refractivity contribution in [2.45, 2.75) is 13.1 Å². The second-order valence-corrected chi connectivity index (χ2v) is 3.57. The van der Waals surface area contributed by atoms with Gasteiger partial charge in [0.15, 0.2) is 5.11 Å². The molecule has 5 heteroatoms. The molecule has 0 unspecified atom stereocenters.